The van der Waals surface area contributed by atoms with Crippen LogP contribution in [0.5, 0.6) is 0 Å². The van der Waals surface area contributed by atoms with Gasteiger partial charge in [0.1, 0.15) is 6.10 Å². The van der Waals surface area contributed by atoms with E-state index in [2.05, 4.69) is 0 Å². The van der Waals surface area contributed by atoms with Crippen LogP contribution in [0, 0.1) is 0 Å². The predicted molar refractivity (Wildman–Crippen MR) is 80.0 cm³/mol. The summed E-state index contributed by atoms with van der Waals surface area (Å²) in [6, 6.07) is 0.190. The Kier molecular flexibility index (Phi) is 7.80. The van der Waals surface area contributed by atoms with Crippen LogP contribution in [0.3, 0.4) is 0 Å². The van der Waals surface area contributed by atoms with Crippen molar-refractivity contribution >= 4 is 18.3 Å². The summed E-state index contributed by atoms with van der Waals surface area (Å²) in [6.07, 6.45) is 5.16. The fraction of sp³-hybridized carbons (Fsp3) is 0.929. The summed E-state index contributed by atoms with van der Waals surface area (Å²) in [5, 5.41) is 0. The van der Waals surface area contributed by atoms with E-state index in [0.717, 1.165) is 45.3 Å². The molecule has 5 nitrogen and oxygen atoms in total. The summed E-state index contributed by atoms with van der Waals surface area (Å²) in [4.78, 5) is 14.3. The molecule has 2 fully saturated rings. The average Bonchev–Trinajstić information content (AvgIpc) is 2.97. The number of carbonyl (C=O) groups excluding carboxylic acids is 1. The molecule has 6 heteroatoms. The molecule has 2 aliphatic rings. The highest BCUT2D eigenvalue weighted by Crippen LogP contribution is 2.18. The molecule has 0 aromatic rings. The Morgan fingerprint density at radius 1 is 1.40 bits per heavy atom. The standard InChI is InChI=1S/C14H26N2O3.ClH/c1-11(19-10-13-6-4-8-18-13)14(17)16-7-3-2-5-12(16)9-15;/h11-13H,2-10,15H2,1H3;1H. The molecule has 0 aliphatic carbocycles. The molecule has 2 N–H and O–H groups in total. The molecule has 0 saturated carbocycles. The van der Waals surface area contributed by atoms with Crippen LogP contribution in [0.2, 0.25) is 0 Å². The van der Waals surface area contributed by atoms with Crippen molar-refractivity contribution in [2.75, 3.05) is 26.3 Å². The van der Waals surface area contributed by atoms with Gasteiger partial charge in [-0.2, -0.15) is 0 Å². The van der Waals surface area contributed by atoms with Crippen molar-refractivity contribution in [3.05, 3.63) is 0 Å². The molecule has 2 heterocycles. The second-order valence-corrected chi connectivity index (χ2v) is 5.53. The lowest BCUT2D eigenvalue weighted by atomic mass is 10.0. The summed E-state index contributed by atoms with van der Waals surface area (Å²) in [7, 11) is 0. The number of hydrogen-bond donors (Lipinski definition) is 1. The lowest BCUT2D eigenvalue weighted by molar-refractivity contribution is -0.148. The number of carbonyl (C=O) groups is 1. The van der Waals surface area contributed by atoms with E-state index in [1.54, 1.807) is 0 Å². The van der Waals surface area contributed by atoms with Crippen molar-refractivity contribution < 1.29 is 14.3 Å². The Morgan fingerprint density at radius 3 is 2.85 bits per heavy atom. The fourth-order valence-corrected chi connectivity index (χ4v) is 2.87. The molecular formula is C14H27ClN2O3. The highest BCUT2D eigenvalue weighted by atomic mass is 35.5. The normalized spacial score (nSPS) is 28.0. The molecule has 2 rings (SSSR count). The number of hydrogen-bond acceptors (Lipinski definition) is 4. The zero-order valence-corrected chi connectivity index (χ0v) is 13.1. The van der Waals surface area contributed by atoms with Gasteiger partial charge in [-0.15, -0.1) is 12.4 Å². The zero-order valence-electron chi connectivity index (χ0n) is 12.3. The van der Waals surface area contributed by atoms with Crippen LogP contribution < -0.4 is 5.73 Å². The maximum absolute atomic E-state index is 12.4. The number of piperidine rings is 1. The monoisotopic (exact) mass is 306 g/mol. The number of halogens is 1. The minimum atomic E-state index is -0.392. The Hall–Kier alpha value is -0.360. The van der Waals surface area contributed by atoms with E-state index < -0.39 is 6.10 Å². The van der Waals surface area contributed by atoms with Crippen LogP contribution in [-0.4, -0.2) is 55.4 Å². The highest BCUT2D eigenvalue weighted by molar-refractivity contribution is 5.85. The quantitative estimate of drug-likeness (QED) is 0.832. The van der Waals surface area contributed by atoms with Gasteiger partial charge in [0.2, 0.25) is 0 Å². The summed E-state index contributed by atoms with van der Waals surface area (Å²) in [6.45, 7) is 4.53. The van der Waals surface area contributed by atoms with Crippen molar-refractivity contribution in [3.63, 3.8) is 0 Å². The van der Waals surface area contributed by atoms with Gasteiger partial charge in [-0.3, -0.25) is 4.79 Å². The van der Waals surface area contributed by atoms with Gasteiger partial charge in [0.15, 0.2) is 0 Å². The first-order valence-corrected chi connectivity index (χ1v) is 7.46. The maximum atomic E-state index is 12.4. The summed E-state index contributed by atoms with van der Waals surface area (Å²) in [5.41, 5.74) is 5.75. The third-order valence-electron chi connectivity index (χ3n) is 4.09. The van der Waals surface area contributed by atoms with Crippen LogP contribution in [-0.2, 0) is 14.3 Å². The van der Waals surface area contributed by atoms with E-state index in [-0.39, 0.29) is 30.5 Å². The number of amides is 1. The van der Waals surface area contributed by atoms with E-state index in [1.807, 2.05) is 11.8 Å². The van der Waals surface area contributed by atoms with Crippen molar-refractivity contribution in [1.29, 1.82) is 0 Å². The maximum Gasteiger partial charge on any atom is 0.251 e. The van der Waals surface area contributed by atoms with E-state index >= 15 is 0 Å². The molecule has 0 aromatic carbocycles. The lowest BCUT2D eigenvalue weighted by Gasteiger charge is -2.36. The van der Waals surface area contributed by atoms with Gasteiger partial charge in [-0.05, 0) is 39.0 Å². The number of likely N-dealkylation sites (tertiary alicyclic amines) is 1. The Labute approximate surface area is 127 Å². The first-order chi connectivity index (χ1) is 9.22. The first-order valence-electron chi connectivity index (χ1n) is 7.46. The Balaban J connectivity index is 0.00000200. The minimum Gasteiger partial charge on any atom is -0.376 e. The number of nitrogens with zero attached hydrogens (tertiary/aromatic N) is 1. The molecule has 0 bridgehead atoms. The van der Waals surface area contributed by atoms with Crippen LogP contribution in [0.15, 0.2) is 0 Å². The molecular weight excluding hydrogens is 280 g/mol. The molecule has 0 radical (unpaired) electrons. The predicted octanol–water partition coefficient (Wildman–Crippen LogP) is 1.33. The number of rotatable bonds is 5. The van der Waals surface area contributed by atoms with E-state index in [1.165, 1.54) is 0 Å². The Bertz CT molecular complexity index is 298. The van der Waals surface area contributed by atoms with Gasteiger partial charge in [-0.25, -0.2) is 0 Å². The smallest absolute Gasteiger partial charge is 0.251 e. The second kappa shape index (κ2) is 8.82. The van der Waals surface area contributed by atoms with Gasteiger partial charge in [0.05, 0.1) is 12.7 Å². The molecule has 118 valence electrons. The van der Waals surface area contributed by atoms with Crippen molar-refractivity contribution in [1.82, 2.24) is 4.90 Å². The van der Waals surface area contributed by atoms with Crippen molar-refractivity contribution in [3.8, 4) is 0 Å². The number of nitrogens with two attached hydrogens (primary N) is 1. The molecule has 0 spiro atoms. The summed E-state index contributed by atoms with van der Waals surface area (Å²) < 4.78 is 11.2. The van der Waals surface area contributed by atoms with Crippen molar-refractivity contribution in [2.24, 2.45) is 5.73 Å². The van der Waals surface area contributed by atoms with Crippen LogP contribution in [0.4, 0.5) is 0 Å². The molecule has 1 amide bonds. The number of ether oxygens (including phenoxy) is 2. The van der Waals surface area contributed by atoms with E-state index in [0.29, 0.717) is 13.2 Å². The van der Waals surface area contributed by atoms with E-state index in [4.69, 9.17) is 15.2 Å². The topological polar surface area (TPSA) is 64.8 Å². The first kappa shape index (κ1) is 17.7. The SMILES string of the molecule is CC(OCC1CCCO1)C(=O)N1CCCCC1CN.Cl. The largest absolute Gasteiger partial charge is 0.376 e. The van der Waals surface area contributed by atoms with Gasteiger partial charge in [-0.1, -0.05) is 0 Å². The van der Waals surface area contributed by atoms with Crippen LogP contribution in [0.1, 0.15) is 39.0 Å². The summed E-state index contributed by atoms with van der Waals surface area (Å²) in [5.74, 6) is 0.0770. The third-order valence-corrected chi connectivity index (χ3v) is 4.09. The molecule has 20 heavy (non-hydrogen) atoms. The molecule has 3 atom stereocenters. The van der Waals surface area contributed by atoms with Gasteiger partial charge in [0, 0.05) is 25.7 Å². The molecule has 0 aromatic heterocycles. The lowest BCUT2D eigenvalue weighted by Crippen LogP contribution is -2.51. The van der Waals surface area contributed by atoms with Gasteiger partial charge >= 0.3 is 0 Å². The molecule has 2 saturated heterocycles. The highest BCUT2D eigenvalue weighted by Gasteiger charge is 2.29. The zero-order chi connectivity index (χ0) is 13.7. The van der Waals surface area contributed by atoms with Crippen LogP contribution >= 0.6 is 12.4 Å². The fourth-order valence-electron chi connectivity index (χ4n) is 2.87. The second-order valence-electron chi connectivity index (χ2n) is 5.53. The van der Waals surface area contributed by atoms with Crippen LogP contribution in [0.25, 0.3) is 0 Å². The average molecular weight is 307 g/mol. The van der Waals surface area contributed by atoms with E-state index in [9.17, 15) is 4.79 Å². The molecule has 2 aliphatic heterocycles. The summed E-state index contributed by atoms with van der Waals surface area (Å²) >= 11 is 0. The third kappa shape index (κ3) is 4.58. The minimum absolute atomic E-state index is 0. The van der Waals surface area contributed by atoms with Gasteiger partial charge < -0.3 is 20.1 Å². The van der Waals surface area contributed by atoms with Crippen molar-refractivity contribution in [2.45, 2.75) is 57.3 Å². The van der Waals surface area contributed by atoms with Gasteiger partial charge in [0.25, 0.3) is 5.91 Å². The Morgan fingerprint density at radius 2 is 2.20 bits per heavy atom. The molecule has 3 unspecified atom stereocenters.